The minimum atomic E-state index is -0.518. The van der Waals surface area contributed by atoms with Crippen molar-refractivity contribution in [3.63, 3.8) is 0 Å². The van der Waals surface area contributed by atoms with E-state index in [2.05, 4.69) is 5.32 Å². The predicted octanol–water partition coefficient (Wildman–Crippen LogP) is 6.00. The Hall–Kier alpha value is -2.63. The van der Waals surface area contributed by atoms with E-state index in [1.165, 1.54) is 6.42 Å². The Morgan fingerprint density at radius 2 is 1.65 bits per heavy atom. The number of carbonyl (C=O) groups excluding carboxylic acids is 2. The first-order valence-corrected chi connectivity index (χ1v) is 11.1. The number of nitrogens with one attached hydrogen (secondary N) is 1. The molecule has 0 spiro atoms. The molecule has 5 nitrogen and oxygen atoms in total. The van der Waals surface area contributed by atoms with Crippen LogP contribution in [0.3, 0.4) is 0 Å². The number of aromatic nitrogens is 1. The van der Waals surface area contributed by atoms with Gasteiger partial charge < -0.3 is 10.1 Å². The van der Waals surface area contributed by atoms with E-state index in [-0.39, 0.29) is 0 Å². The molecule has 0 unspecified atom stereocenters. The van der Waals surface area contributed by atoms with Gasteiger partial charge in [-0.15, -0.1) is 0 Å². The highest BCUT2D eigenvalue weighted by molar-refractivity contribution is 6.39. The zero-order valence-electron chi connectivity index (χ0n) is 16.9. The molecular weight excluding hydrogens is 435 g/mol. The molecule has 1 heterocycles. The van der Waals surface area contributed by atoms with Gasteiger partial charge in [-0.05, 0) is 49.4 Å². The summed E-state index contributed by atoms with van der Waals surface area (Å²) in [5, 5.41) is 3.99. The third kappa shape index (κ3) is 4.83. The lowest BCUT2D eigenvalue weighted by Crippen LogP contribution is -2.22. The van der Waals surface area contributed by atoms with Gasteiger partial charge in [0.15, 0.2) is 6.61 Å². The van der Waals surface area contributed by atoms with Gasteiger partial charge in [-0.25, -0.2) is 4.79 Å². The maximum Gasteiger partial charge on any atom is 0.339 e. The summed E-state index contributed by atoms with van der Waals surface area (Å²) in [5.74, 6) is -1.03. The van der Waals surface area contributed by atoms with E-state index in [0.29, 0.717) is 21.3 Å². The largest absolute Gasteiger partial charge is 0.452 e. The number of rotatable bonds is 4. The molecule has 0 atom stereocenters. The molecule has 0 aliphatic heterocycles. The van der Waals surface area contributed by atoms with Gasteiger partial charge in [-0.1, -0.05) is 60.3 Å². The maximum absolute atomic E-state index is 13.1. The second-order valence-electron chi connectivity index (χ2n) is 7.56. The van der Waals surface area contributed by atoms with Gasteiger partial charge in [-0.2, -0.15) is 0 Å². The van der Waals surface area contributed by atoms with Crippen molar-refractivity contribution in [1.29, 1.82) is 0 Å². The first-order chi connectivity index (χ1) is 15.0. The zero-order chi connectivity index (χ0) is 21.8. The van der Waals surface area contributed by atoms with Crippen molar-refractivity contribution in [2.75, 3.05) is 11.9 Å². The Morgan fingerprint density at radius 1 is 0.935 bits per heavy atom. The van der Waals surface area contributed by atoms with E-state index in [9.17, 15) is 9.59 Å². The van der Waals surface area contributed by atoms with Crippen molar-refractivity contribution in [1.82, 2.24) is 4.98 Å². The van der Waals surface area contributed by atoms with E-state index in [1.54, 1.807) is 18.2 Å². The smallest absolute Gasteiger partial charge is 0.339 e. The Labute approximate surface area is 190 Å². The number of nitrogens with zero attached hydrogens (tertiary/aromatic N) is 1. The van der Waals surface area contributed by atoms with E-state index >= 15 is 0 Å². The summed E-state index contributed by atoms with van der Waals surface area (Å²) < 4.78 is 5.42. The third-order valence-corrected chi connectivity index (χ3v) is 6.06. The molecule has 2 aromatic carbocycles. The van der Waals surface area contributed by atoms with Crippen LogP contribution in [0.5, 0.6) is 0 Å². The van der Waals surface area contributed by atoms with Gasteiger partial charge in [0.2, 0.25) is 0 Å². The second-order valence-corrected chi connectivity index (χ2v) is 8.38. The number of ether oxygens (including phenoxy) is 1. The van der Waals surface area contributed by atoms with Crippen LogP contribution in [0.25, 0.3) is 10.9 Å². The van der Waals surface area contributed by atoms with Crippen molar-refractivity contribution in [3.05, 3.63) is 69.3 Å². The van der Waals surface area contributed by atoms with Crippen molar-refractivity contribution in [3.8, 4) is 0 Å². The molecule has 0 saturated carbocycles. The highest BCUT2D eigenvalue weighted by atomic mass is 35.5. The fraction of sp³-hybridized carbons (Fsp3) is 0.292. The summed E-state index contributed by atoms with van der Waals surface area (Å²) in [5.41, 5.74) is 3.48. The van der Waals surface area contributed by atoms with Gasteiger partial charge in [0.25, 0.3) is 5.91 Å². The molecule has 0 saturated heterocycles. The summed E-state index contributed by atoms with van der Waals surface area (Å²) in [4.78, 5) is 30.3. The number of fused-ring (bicyclic) bond motifs is 2. The van der Waals surface area contributed by atoms with E-state index in [0.717, 1.165) is 54.3 Å². The Morgan fingerprint density at radius 3 is 2.42 bits per heavy atom. The Balaban J connectivity index is 1.58. The van der Waals surface area contributed by atoms with Gasteiger partial charge in [0.1, 0.15) is 0 Å². The molecule has 1 aromatic heterocycles. The zero-order valence-corrected chi connectivity index (χ0v) is 18.4. The first-order valence-electron chi connectivity index (χ1n) is 10.4. The quantitative estimate of drug-likeness (QED) is 0.489. The molecule has 160 valence electrons. The minimum Gasteiger partial charge on any atom is -0.452 e. The molecule has 31 heavy (non-hydrogen) atoms. The molecular formula is C24H22Cl2N2O3. The van der Waals surface area contributed by atoms with Gasteiger partial charge >= 0.3 is 5.97 Å². The van der Waals surface area contributed by atoms with Crippen LogP contribution in [0.15, 0.2) is 42.5 Å². The van der Waals surface area contributed by atoms with Crippen LogP contribution in [0.1, 0.15) is 47.3 Å². The normalized spacial score (nSPS) is 13.7. The van der Waals surface area contributed by atoms with Crippen LogP contribution >= 0.6 is 23.2 Å². The molecule has 1 N–H and O–H groups in total. The highest BCUT2D eigenvalue weighted by Crippen LogP contribution is 2.30. The number of aryl methyl sites for hydroxylation is 1. The molecule has 0 fully saturated rings. The molecule has 1 amide bonds. The lowest BCUT2D eigenvalue weighted by Gasteiger charge is -2.18. The van der Waals surface area contributed by atoms with Crippen LogP contribution in [0.4, 0.5) is 5.69 Å². The number of halogens is 2. The fourth-order valence-corrected chi connectivity index (χ4v) is 4.45. The number of pyridine rings is 1. The van der Waals surface area contributed by atoms with Gasteiger partial charge in [0, 0.05) is 11.1 Å². The summed E-state index contributed by atoms with van der Waals surface area (Å²) >= 11 is 12.2. The van der Waals surface area contributed by atoms with Crippen LogP contribution in [0.2, 0.25) is 10.0 Å². The topological polar surface area (TPSA) is 68.3 Å². The molecule has 0 bridgehead atoms. The van der Waals surface area contributed by atoms with Gasteiger partial charge in [0.05, 0.1) is 26.8 Å². The van der Waals surface area contributed by atoms with Crippen molar-refractivity contribution >= 4 is 51.7 Å². The summed E-state index contributed by atoms with van der Waals surface area (Å²) in [6.45, 7) is -0.439. The highest BCUT2D eigenvalue weighted by Gasteiger charge is 2.23. The number of para-hydroxylation sites is 2. The van der Waals surface area contributed by atoms with E-state index in [4.69, 9.17) is 32.9 Å². The minimum absolute atomic E-state index is 0.298. The number of benzene rings is 2. The maximum atomic E-state index is 13.1. The van der Waals surface area contributed by atoms with Crippen LogP contribution in [0, 0.1) is 0 Å². The summed E-state index contributed by atoms with van der Waals surface area (Å²) in [6, 6.07) is 12.5. The van der Waals surface area contributed by atoms with E-state index < -0.39 is 18.5 Å². The van der Waals surface area contributed by atoms with Crippen LogP contribution in [-0.2, 0) is 22.4 Å². The fourth-order valence-electron chi connectivity index (χ4n) is 3.96. The van der Waals surface area contributed by atoms with Gasteiger partial charge in [-0.3, -0.25) is 9.78 Å². The standard InChI is InChI=1S/C24H22Cl2N2O3/c25-17-10-7-11-18(26)23(17)28-21(29)14-31-24(30)22-15-8-3-1-2-4-12-19(15)27-20-13-6-5-9-16(20)22/h5-7,9-11,13H,1-4,8,12,14H2,(H,28,29). The molecule has 7 heteroatoms. The second kappa shape index (κ2) is 9.67. The number of hydrogen-bond donors (Lipinski definition) is 1. The number of anilines is 1. The molecule has 0 radical (unpaired) electrons. The van der Waals surface area contributed by atoms with E-state index in [1.807, 2.05) is 24.3 Å². The number of esters is 1. The lowest BCUT2D eigenvalue weighted by atomic mass is 9.91. The van der Waals surface area contributed by atoms with Crippen LogP contribution in [-0.4, -0.2) is 23.5 Å². The number of hydrogen-bond acceptors (Lipinski definition) is 4. The SMILES string of the molecule is O=C(COC(=O)c1c2c(nc3ccccc13)CCCCCC2)Nc1c(Cl)cccc1Cl. The first kappa shape index (κ1) is 21.6. The summed E-state index contributed by atoms with van der Waals surface area (Å²) in [6.07, 6.45) is 5.96. The molecule has 1 aliphatic rings. The molecule has 4 rings (SSSR count). The Bertz CT molecular complexity index is 1130. The number of carbonyl (C=O) groups is 2. The average molecular weight is 457 g/mol. The molecule has 3 aromatic rings. The lowest BCUT2D eigenvalue weighted by molar-refractivity contribution is -0.119. The van der Waals surface area contributed by atoms with Crippen molar-refractivity contribution < 1.29 is 14.3 Å². The predicted molar refractivity (Wildman–Crippen MR) is 123 cm³/mol. The summed E-state index contributed by atoms with van der Waals surface area (Å²) in [7, 11) is 0. The Kier molecular flexibility index (Phi) is 6.73. The monoisotopic (exact) mass is 456 g/mol. The third-order valence-electron chi connectivity index (χ3n) is 5.43. The van der Waals surface area contributed by atoms with Crippen LogP contribution < -0.4 is 5.32 Å². The average Bonchev–Trinajstić information content (AvgIpc) is 2.74. The van der Waals surface area contributed by atoms with Crippen molar-refractivity contribution in [2.24, 2.45) is 0 Å². The number of amides is 1. The molecule has 1 aliphatic carbocycles. The van der Waals surface area contributed by atoms with Crippen molar-refractivity contribution in [2.45, 2.75) is 38.5 Å².